The second kappa shape index (κ2) is 4.40. The molecule has 2 rings (SSSR count). The first-order valence-electron chi connectivity index (χ1n) is 4.37. The van der Waals surface area contributed by atoms with Gasteiger partial charge < -0.3 is 10.5 Å². The Morgan fingerprint density at radius 3 is 2.69 bits per heavy atom. The molecule has 0 aromatic carbocycles. The molecule has 82 valence electrons. The van der Waals surface area contributed by atoms with Crippen LogP contribution in [0.5, 0.6) is 5.88 Å². The monoisotopic (exact) mass is 281 g/mol. The lowest BCUT2D eigenvalue weighted by Crippen LogP contribution is -1.99. The van der Waals surface area contributed by atoms with Crippen LogP contribution in [0.2, 0.25) is 0 Å². The molecule has 0 saturated carbocycles. The van der Waals surface area contributed by atoms with Gasteiger partial charge >= 0.3 is 0 Å². The van der Waals surface area contributed by atoms with Crippen molar-refractivity contribution in [2.45, 2.75) is 0 Å². The first-order valence-corrected chi connectivity index (χ1v) is 5.16. The van der Waals surface area contributed by atoms with Gasteiger partial charge in [-0.1, -0.05) is 0 Å². The molecule has 0 aliphatic rings. The largest absolute Gasteiger partial charge is 0.480 e. The first-order chi connectivity index (χ1) is 7.70. The van der Waals surface area contributed by atoms with Crippen LogP contribution in [-0.4, -0.2) is 27.3 Å². The quantitative estimate of drug-likeness (QED) is 0.893. The third kappa shape index (κ3) is 2.08. The molecule has 2 N–H and O–H groups in total. The Labute approximate surface area is 100 Å². The van der Waals surface area contributed by atoms with E-state index in [1.807, 2.05) is 0 Å². The number of methoxy groups -OCH3 is 1. The van der Waals surface area contributed by atoms with E-state index < -0.39 is 0 Å². The molecule has 0 fully saturated rings. The van der Waals surface area contributed by atoms with Gasteiger partial charge in [-0.05, 0) is 22.0 Å². The van der Waals surface area contributed by atoms with Crippen molar-refractivity contribution < 1.29 is 4.74 Å². The number of halogens is 1. The zero-order chi connectivity index (χ0) is 11.5. The molecule has 2 aromatic heterocycles. The summed E-state index contributed by atoms with van der Waals surface area (Å²) in [6.45, 7) is 0. The Balaban J connectivity index is 2.38. The van der Waals surface area contributed by atoms with Crippen LogP contribution in [0.25, 0.3) is 11.5 Å². The molecule has 0 aliphatic heterocycles. The van der Waals surface area contributed by atoms with Gasteiger partial charge in [0.05, 0.1) is 11.6 Å². The van der Waals surface area contributed by atoms with Crippen molar-refractivity contribution in [1.29, 1.82) is 0 Å². The van der Waals surface area contributed by atoms with Crippen LogP contribution in [0.4, 0.5) is 5.82 Å². The third-order valence-electron chi connectivity index (χ3n) is 1.85. The number of aromatic nitrogens is 4. The average molecular weight is 282 g/mol. The topological polar surface area (TPSA) is 86.8 Å². The van der Waals surface area contributed by atoms with Gasteiger partial charge in [-0.25, -0.2) is 9.97 Å². The van der Waals surface area contributed by atoms with E-state index in [-0.39, 0.29) is 0 Å². The van der Waals surface area contributed by atoms with Gasteiger partial charge in [0.15, 0.2) is 5.82 Å². The zero-order valence-corrected chi connectivity index (χ0v) is 9.97. The Morgan fingerprint density at radius 2 is 2.12 bits per heavy atom. The molecular weight excluding hydrogens is 274 g/mol. The predicted molar refractivity (Wildman–Crippen MR) is 61.7 cm³/mol. The molecule has 0 saturated heterocycles. The van der Waals surface area contributed by atoms with Crippen molar-refractivity contribution in [3.8, 4) is 17.4 Å². The first kappa shape index (κ1) is 10.7. The lowest BCUT2D eigenvalue weighted by Gasteiger charge is -2.01. The van der Waals surface area contributed by atoms with Gasteiger partial charge in [0.2, 0.25) is 5.88 Å². The highest BCUT2D eigenvalue weighted by Crippen LogP contribution is 2.19. The second-order valence-electron chi connectivity index (χ2n) is 2.89. The molecule has 0 aliphatic carbocycles. The maximum atomic E-state index is 5.64. The van der Waals surface area contributed by atoms with E-state index in [0.717, 1.165) is 0 Å². The number of anilines is 1. The minimum atomic E-state index is 0.364. The molecule has 16 heavy (non-hydrogen) atoms. The molecule has 2 heterocycles. The Kier molecular flexibility index (Phi) is 2.95. The number of rotatable bonds is 2. The van der Waals surface area contributed by atoms with E-state index >= 15 is 0 Å². The Morgan fingerprint density at radius 1 is 1.31 bits per heavy atom. The molecular formula is C9H8BrN5O. The fraction of sp³-hybridized carbons (Fsp3) is 0.111. The molecule has 0 atom stereocenters. The van der Waals surface area contributed by atoms with E-state index in [2.05, 4.69) is 36.1 Å². The van der Waals surface area contributed by atoms with Crippen LogP contribution in [-0.2, 0) is 0 Å². The summed E-state index contributed by atoms with van der Waals surface area (Å²) in [6.07, 6.45) is 1.57. The maximum absolute atomic E-state index is 5.64. The van der Waals surface area contributed by atoms with E-state index in [1.54, 1.807) is 18.3 Å². The summed E-state index contributed by atoms with van der Waals surface area (Å²) in [5, 5.41) is 7.74. The summed E-state index contributed by atoms with van der Waals surface area (Å²) in [4.78, 5) is 8.16. The van der Waals surface area contributed by atoms with Gasteiger partial charge in [0, 0.05) is 12.3 Å². The smallest absolute Gasteiger partial charge is 0.233 e. The van der Waals surface area contributed by atoms with Gasteiger partial charge in [-0.2, -0.15) is 0 Å². The lowest BCUT2D eigenvalue weighted by atomic mass is 10.3. The van der Waals surface area contributed by atoms with E-state index in [4.69, 9.17) is 10.5 Å². The van der Waals surface area contributed by atoms with Gasteiger partial charge in [0.1, 0.15) is 11.5 Å². The fourth-order valence-electron chi connectivity index (χ4n) is 1.05. The normalized spacial score (nSPS) is 10.1. The molecule has 2 aromatic rings. The van der Waals surface area contributed by atoms with Crippen molar-refractivity contribution >= 4 is 21.7 Å². The average Bonchev–Trinajstić information content (AvgIpc) is 2.33. The summed E-state index contributed by atoms with van der Waals surface area (Å²) in [7, 11) is 1.53. The second-order valence-corrected chi connectivity index (χ2v) is 3.74. The maximum Gasteiger partial charge on any atom is 0.233 e. The highest BCUT2D eigenvalue weighted by Gasteiger charge is 2.06. The summed E-state index contributed by atoms with van der Waals surface area (Å²) in [5.41, 5.74) is 6.18. The van der Waals surface area contributed by atoms with Crippen LogP contribution in [0.3, 0.4) is 0 Å². The van der Waals surface area contributed by atoms with Crippen molar-refractivity contribution in [3.63, 3.8) is 0 Å². The van der Waals surface area contributed by atoms with Crippen molar-refractivity contribution in [2.24, 2.45) is 0 Å². The molecule has 0 amide bonds. The highest BCUT2D eigenvalue weighted by molar-refractivity contribution is 9.10. The molecule has 0 unspecified atom stereocenters. The molecule has 0 radical (unpaired) electrons. The van der Waals surface area contributed by atoms with Gasteiger partial charge in [0.25, 0.3) is 0 Å². The van der Waals surface area contributed by atoms with Crippen molar-refractivity contribution in [3.05, 3.63) is 22.8 Å². The van der Waals surface area contributed by atoms with E-state index in [1.165, 1.54) is 7.11 Å². The van der Waals surface area contributed by atoms with Crippen LogP contribution in [0.15, 0.2) is 22.8 Å². The van der Waals surface area contributed by atoms with Crippen molar-refractivity contribution in [2.75, 3.05) is 12.8 Å². The highest BCUT2D eigenvalue weighted by atomic mass is 79.9. The number of hydrogen-bond donors (Lipinski definition) is 1. The lowest BCUT2D eigenvalue weighted by molar-refractivity contribution is 0.392. The number of nitrogens with zero attached hydrogens (tertiary/aromatic N) is 4. The minimum absolute atomic E-state index is 0.364. The van der Waals surface area contributed by atoms with E-state index in [0.29, 0.717) is 27.7 Å². The van der Waals surface area contributed by atoms with Gasteiger partial charge in [-0.3, -0.25) is 0 Å². The van der Waals surface area contributed by atoms with Gasteiger partial charge in [-0.15, -0.1) is 10.2 Å². The summed E-state index contributed by atoms with van der Waals surface area (Å²) < 4.78 is 5.55. The summed E-state index contributed by atoms with van der Waals surface area (Å²) >= 11 is 3.22. The molecule has 7 heteroatoms. The minimum Gasteiger partial charge on any atom is -0.480 e. The molecule has 6 nitrogen and oxygen atoms in total. The number of nitrogen functional groups attached to an aromatic ring is 1. The zero-order valence-electron chi connectivity index (χ0n) is 8.38. The summed E-state index contributed by atoms with van der Waals surface area (Å²) in [5.74, 6) is 1.23. The van der Waals surface area contributed by atoms with Crippen LogP contribution < -0.4 is 10.5 Å². The standard InChI is InChI=1S/C9H8BrN5O/c1-16-7-3-2-6(14-15-7)9-12-4-5(10)8(11)13-9/h2-4H,1H3,(H2,11,12,13). The number of nitrogens with two attached hydrogens (primary N) is 1. The fourth-order valence-corrected chi connectivity index (χ4v) is 1.24. The molecule has 0 spiro atoms. The Hall–Kier alpha value is -1.76. The third-order valence-corrected chi connectivity index (χ3v) is 2.46. The van der Waals surface area contributed by atoms with Crippen molar-refractivity contribution in [1.82, 2.24) is 20.2 Å². The number of hydrogen-bond acceptors (Lipinski definition) is 6. The number of ether oxygens (including phenoxy) is 1. The Bertz CT molecular complexity index is 502. The SMILES string of the molecule is COc1ccc(-c2ncc(Br)c(N)n2)nn1. The van der Waals surface area contributed by atoms with Crippen LogP contribution >= 0.6 is 15.9 Å². The van der Waals surface area contributed by atoms with Crippen LogP contribution in [0, 0.1) is 0 Å². The van der Waals surface area contributed by atoms with E-state index in [9.17, 15) is 0 Å². The van der Waals surface area contributed by atoms with Crippen LogP contribution in [0.1, 0.15) is 0 Å². The molecule has 0 bridgehead atoms. The predicted octanol–water partition coefficient (Wildman–Crippen LogP) is 1.29. The summed E-state index contributed by atoms with van der Waals surface area (Å²) in [6, 6.07) is 3.40.